The van der Waals surface area contributed by atoms with Crippen molar-refractivity contribution in [3.63, 3.8) is 0 Å². The summed E-state index contributed by atoms with van der Waals surface area (Å²) in [5, 5.41) is 4.31. The van der Waals surface area contributed by atoms with Gasteiger partial charge >= 0.3 is 0 Å². The first-order valence-electron chi connectivity index (χ1n) is 5.07. The molecule has 1 aliphatic carbocycles. The van der Waals surface area contributed by atoms with Gasteiger partial charge in [-0.15, -0.1) is 0 Å². The maximum atomic E-state index is 5.95. The van der Waals surface area contributed by atoms with Crippen molar-refractivity contribution in [1.29, 1.82) is 0 Å². The van der Waals surface area contributed by atoms with Gasteiger partial charge in [-0.1, -0.05) is 0 Å². The van der Waals surface area contributed by atoms with Crippen LogP contribution in [0.15, 0.2) is 0 Å². The number of aromatic nitrogens is 2. The fourth-order valence-electron chi connectivity index (χ4n) is 1.81. The van der Waals surface area contributed by atoms with Crippen LogP contribution in [0.2, 0.25) is 0 Å². The van der Waals surface area contributed by atoms with E-state index >= 15 is 0 Å². The van der Waals surface area contributed by atoms with Crippen molar-refractivity contribution in [2.24, 2.45) is 7.05 Å². The highest BCUT2D eigenvalue weighted by molar-refractivity contribution is 5.42. The lowest BCUT2D eigenvalue weighted by Gasteiger charge is -2.15. The van der Waals surface area contributed by atoms with Crippen LogP contribution in [-0.2, 0) is 13.6 Å². The highest BCUT2D eigenvalue weighted by Crippen LogP contribution is 2.28. The van der Waals surface area contributed by atoms with E-state index in [4.69, 9.17) is 5.73 Å². The standard InChI is InChI=1S/C10H18N4/c1-7-9(10(11)14(3)12-7)6-13(2)8-4-5-8/h8H,4-6,11H2,1-3H3. The molecule has 14 heavy (non-hydrogen) atoms. The minimum atomic E-state index is 0.772. The minimum Gasteiger partial charge on any atom is -0.384 e. The Balaban J connectivity index is 2.14. The molecular formula is C10H18N4. The van der Waals surface area contributed by atoms with Crippen LogP contribution in [0.5, 0.6) is 0 Å². The monoisotopic (exact) mass is 194 g/mol. The number of anilines is 1. The quantitative estimate of drug-likeness (QED) is 0.778. The van der Waals surface area contributed by atoms with Crippen LogP contribution in [0.1, 0.15) is 24.1 Å². The lowest BCUT2D eigenvalue weighted by Crippen LogP contribution is -2.20. The molecule has 0 radical (unpaired) electrons. The molecule has 1 heterocycles. The van der Waals surface area contributed by atoms with E-state index in [1.165, 1.54) is 18.4 Å². The Kier molecular flexibility index (Phi) is 2.23. The SMILES string of the molecule is Cc1nn(C)c(N)c1CN(C)C1CC1. The summed E-state index contributed by atoms with van der Waals surface area (Å²) < 4.78 is 1.76. The normalized spacial score (nSPS) is 16.6. The van der Waals surface area contributed by atoms with E-state index in [1.54, 1.807) is 4.68 Å². The van der Waals surface area contributed by atoms with Crippen molar-refractivity contribution in [2.45, 2.75) is 32.4 Å². The third kappa shape index (κ3) is 1.62. The maximum absolute atomic E-state index is 5.95. The van der Waals surface area contributed by atoms with Crippen LogP contribution >= 0.6 is 0 Å². The lowest BCUT2D eigenvalue weighted by atomic mass is 10.2. The summed E-state index contributed by atoms with van der Waals surface area (Å²) in [6.07, 6.45) is 2.66. The number of rotatable bonds is 3. The Labute approximate surface area is 84.7 Å². The van der Waals surface area contributed by atoms with Gasteiger partial charge in [0.1, 0.15) is 5.82 Å². The fraction of sp³-hybridized carbons (Fsp3) is 0.700. The molecule has 78 valence electrons. The molecule has 0 saturated heterocycles. The highest BCUT2D eigenvalue weighted by atomic mass is 15.3. The van der Waals surface area contributed by atoms with Gasteiger partial charge in [0.05, 0.1) is 5.69 Å². The molecule has 0 unspecified atom stereocenters. The molecule has 4 heteroatoms. The molecule has 2 rings (SSSR count). The Morgan fingerprint density at radius 2 is 2.21 bits per heavy atom. The van der Waals surface area contributed by atoms with Crippen LogP contribution < -0.4 is 5.73 Å². The Morgan fingerprint density at radius 3 is 2.64 bits per heavy atom. The molecule has 0 bridgehead atoms. The van der Waals surface area contributed by atoms with E-state index in [9.17, 15) is 0 Å². The van der Waals surface area contributed by atoms with Crippen LogP contribution in [-0.4, -0.2) is 27.8 Å². The molecule has 4 nitrogen and oxygen atoms in total. The van der Waals surface area contributed by atoms with Crippen LogP contribution in [0.3, 0.4) is 0 Å². The van der Waals surface area contributed by atoms with Crippen molar-refractivity contribution in [2.75, 3.05) is 12.8 Å². The largest absolute Gasteiger partial charge is 0.384 e. The van der Waals surface area contributed by atoms with E-state index in [0.717, 1.165) is 24.1 Å². The van der Waals surface area contributed by atoms with Gasteiger partial charge < -0.3 is 5.73 Å². The molecule has 2 N–H and O–H groups in total. The van der Waals surface area contributed by atoms with E-state index in [2.05, 4.69) is 17.0 Å². The molecule has 0 spiro atoms. The van der Waals surface area contributed by atoms with Gasteiger partial charge in [-0.3, -0.25) is 9.58 Å². The number of nitrogens with two attached hydrogens (primary N) is 1. The van der Waals surface area contributed by atoms with Crippen LogP contribution in [0.4, 0.5) is 5.82 Å². The van der Waals surface area contributed by atoms with Crippen molar-refractivity contribution in [3.8, 4) is 0 Å². The van der Waals surface area contributed by atoms with Gasteiger partial charge in [-0.25, -0.2) is 0 Å². The topological polar surface area (TPSA) is 47.1 Å². The fourth-order valence-corrected chi connectivity index (χ4v) is 1.81. The molecule has 1 aromatic heterocycles. The van der Waals surface area contributed by atoms with Gasteiger partial charge in [-0.05, 0) is 26.8 Å². The van der Waals surface area contributed by atoms with E-state index in [0.29, 0.717) is 0 Å². The lowest BCUT2D eigenvalue weighted by molar-refractivity contribution is 0.316. The van der Waals surface area contributed by atoms with Crippen molar-refractivity contribution < 1.29 is 0 Å². The van der Waals surface area contributed by atoms with Crippen molar-refractivity contribution in [1.82, 2.24) is 14.7 Å². The maximum Gasteiger partial charge on any atom is 0.126 e. The van der Waals surface area contributed by atoms with E-state index in [-0.39, 0.29) is 0 Å². The van der Waals surface area contributed by atoms with E-state index < -0.39 is 0 Å². The summed E-state index contributed by atoms with van der Waals surface area (Å²) in [5.74, 6) is 0.801. The molecule has 1 fully saturated rings. The average molecular weight is 194 g/mol. The molecule has 1 saturated carbocycles. The average Bonchev–Trinajstić information content (AvgIpc) is 2.91. The zero-order chi connectivity index (χ0) is 10.3. The second kappa shape index (κ2) is 3.28. The Hall–Kier alpha value is -1.03. The van der Waals surface area contributed by atoms with Gasteiger partial charge in [0.25, 0.3) is 0 Å². The molecule has 0 amide bonds. The Bertz CT molecular complexity index is 338. The predicted molar refractivity (Wildman–Crippen MR) is 56.8 cm³/mol. The number of nitrogen functional groups attached to an aromatic ring is 1. The number of hydrogen-bond acceptors (Lipinski definition) is 3. The van der Waals surface area contributed by atoms with Gasteiger partial charge in [0.2, 0.25) is 0 Å². The van der Waals surface area contributed by atoms with Gasteiger partial charge in [0, 0.05) is 25.2 Å². The third-order valence-electron chi connectivity index (χ3n) is 2.97. The number of aryl methyl sites for hydroxylation is 2. The smallest absolute Gasteiger partial charge is 0.126 e. The van der Waals surface area contributed by atoms with Crippen LogP contribution in [0.25, 0.3) is 0 Å². The molecule has 0 atom stereocenters. The Morgan fingerprint density at radius 1 is 1.57 bits per heavy atom. The zero-order valence-corrected chi connectivity index (χ0v) is 9.12. The highest BCUT2D eigenvalue weighted by Gasteiger charge is 2.27. The second-order valence-electron chi connectivity index (χ2n) is 4.22. The van der Waals surface area contributed by atoms with Crippen molar-refractivity contribution >= 4 is 5.82 Å². The molecule has 1 aliphatic rings. The summed E-state index contributed by atoms with van der Waals surface area (Å²) in [4.78, 5) is 2.36. The summed E-state index contributed by atoms with van der Waals surface area (Å²) in [5.41, 5.74) is 8.18. The van der Waals surface area contributed by atoms with Gasteiger partial charge in [0.15, 0.2) is 0 Å². The van der Waals surface area contributed by atoms with Gasteiger partial charge in [-0.2, -0.15) is 5.10 Å². The summed E-state index contributed by atoms with van der Waals surface area (Å²) in [6.45, 7) is 2.95. The molecular weight excluding hydrogens is 176 g/mol. The molecule has 0 aromatic carbocycles. The first-order valence-corrected chi connectivity index (χ1v) is 5.07. The molecule has 0 aliphatic heterocycles. The van der Waals surface area contributed by atoms with Crippen molar-refractivity contribution in [3.05, 3.63) is 11.3 Å². The van der Waals surface area contributed by atoms with E-state index in [1.807, 2.05) is 14.0 Å². The zero-order valence-electron chi connectivity index (χ0n) is 9.12. The first-order chi connectivity index (χ1) is 6.59. The predicted octanol–water partition coefficient (Wildman–Crippen LogP) is 0.905. The minimum absolute atomic E-state index is 0.772. The number of nitrogens with zero attached hydrogens (tertiary/aromatic N) is 3. The summed E-state index contributed by atoms with van der Waals surface area (Å²) in [7, 11) is 4.05. The summed E-state index contributed by atoms with van der Waals surface area (Å²) >= 11 is 0. The molecule has 1 aromatic rings. The number of hydrogen-bond donors (Lipinski definition) is 1. The van der Waals surface area contributed by atoms with Crippen LogP contribution in [0, 0.1) is 6.92 Å². The second-order valence-corrected chi connectivity index (χ2v) is 4.22. The third-order valence-corrected chi connectivity index (χ3v) is 2.97. The summed E-state index contributed by atoms with van der Waals surface area (Å²) in [6, 6.07) is 0.772. The first kappa shape index (κ1) is 9.52.